The van der Waals surface area contributed by atoms with E-state index in [1.54, 1.807) is 23.5 Å². The topological polar surface area (TPSA) is 87.0 Å². The zero-order valence-electron chi connectivity index (χ0n) is 17.2. The molecule has 0 amide bonds. The molecule has 1 aromatic heterocycles. The summed E-state index contributed by atoms with van der Waals surface area (Å²) in [5, 5.41) is 32.2. The molecule has 1 aromatic carbocycles. The van der Waals surface area contributed by atoms with Gasteiger partial charge in [0.2, 0.25) is 0 Å². The van der Waals surface area contributed by atoms with E-state index in [2.05, 4.69) is 11.7 Å². The van der Waals surface area contributed by atoms with Crippen LogP contribution in [0.3, 0.4) is 0 Å². The van der Waals surface area contributed by atoms with Crippen molar-refractivity contribution in [3.8, 4) is 0 Å². The normalized spacial score (nSPS) is 14.9. The second-order valence-corrected chi connectivity index (χ2v) is 8.36. The Labute approximate surface area is 176 Å². The number of fused-ring (bicyclic) bond motifs is 1. The van der Waals surface area contributed by atoms with Crippen molar-refractivity contribution in [3.63, 3.8) is 0 Å². The van der Waals surface area contributed by atoms with E-state index in [1.165, 1.54) is 7.11 Å². The van der Waals surface area contributed by atoms with Crippen molar-refractivity contribution < 1.29 is 24.9 Å². The van der Waals surface area contributed by atoms with Gasteiger partial charge in [-0.1, -0.05) is 56.5 Å². The Morgan fingerprint density at radius 3 is 2.62 bits per heavy atom. The SMILES string of the molecule is CCCCC[C@H](O)c1sc2ccccc2c1/C=C/[C@@H](O)[C@@H](O)CCCC(=O)OC. The second-order valence-electron chi connectivity index (χ2n) is 7.27. The Morgan fingerprint density at radius 1 is 1.14 bits per heavy atom. The molecule has 3 atom stereocenters. The largest absolute Gasteiger partial charge is 0.469 e. The van der Waals surface area contributed by atoms with Gasteiger partial charge in [-0.3, -0.25) is 4.79 Å². The molecule has 2 aromatic rings. The zero-order valence-corrected chi connectivity index (χ0v) is 18.0. The molecule has 0 aliphatic rings. The van der Waals surface area contributed by atoms with Crippen LogP contribution < -0.4 is 0 Å². The van der Waals surface area contributed by atoms with Gasteiger partial charge < -0.3 is 20.1 Å². The quantitative estimate of drug-likeness (QED) is 0.345. The molecule has 3 N–H and O–H groups in total. The number of esters is 1. The highest BCUT2D eigenvalue weighted by atomic mass is 32.1. The predicted octanol–water partition coefficient (Wildman–Crippen LogP) is 4.59. The molecule has 1 heterocycles. The van der Waals surface area contributed by atoms with Crippen LogP contribution in [0.15, 0.2) is 30.3 Å². The number of ether oxygens (including phenoxy) is 1. The molecular weight excluding hydrogens is 388 g/mol. The number of aliphatic hydroxyl groups excluding tert-OH is 3. The van der Waals surface area contributed by atoms with Crippen molar-refractivity contribution in [1.29, 1.82) is 0 Å². The highest BCUT2D eigenvalue weighted by Gasteiger charge is 2.18. The van der Waals surface area contributed by atoms with Crippen molar-refractivity contribution >= 4 is 33.5 Å². The molecule has 0 bridgehead atoms. The van der Waals surface area contributed by atoms with Crippen LogP contribution >= 0.6 is 11.3 Å². The predicted molar refractivity (Wildman–Crippen MR) is 118 cm³/mol. The smallest absolute Gasteiger partial charge is 0.305 e. The minimum absolute atomic E-state index is 0.216. The first-order chi connectivity index (χ1) is 14.0. The third-order valence-corrected chi connectivity index (χ3v) is 6.30. The van der Waals surface area contributed by atoms with Crippen LogP contribution in [0, 0.1) is 0 Å². The number of unbranched alkanes of at least 4 members (excludes halogenated alkanes) is 2. The number of methoxy groups -OCH3 is 1. The molecule has 0 aliphatic heterocycles. The summed E-state index contributed by atoms with van der Waals surface area (Å²) in [5.74, 6) is -0.325. The van der Waals surface area contributed by atoms with E-state index in [9.17, 15) is 20.1 Å². The van der Waals surface area contributed by atoms with Crippen LogP contribution in [0.5, 0.6) is 0 Å². The van der Waals surface area contributed by atoms with Gasteiger partial charge in [-0.2, -0.15) is 0 Å². The van der Waals surface area contributed by atoms with Crippen molar-refractivity contribution in [2.75, 3.05) is 7.11 Å². The summed E-state index contributed by atoms with van der Waals surface area (Å²) >= 11 is 1.57. The van der Waals surface area contributed by atoms with Gasteiger partial charge in [-0.25, -0.2) is 0 Å². The Kier molecular flexibility index (Phi) is 9.81. The maximum atomic E-state index is 11.2. The fourth-order valence-electron chi connectivity index (χ4n) is 3.27. The number of hydrogen-bond acceptors (Lipinski definition) is 6. The Bertz CT molecular complexity index is 798. The van der Waals surface area contributed by atoms with Crippen molar-refractivity contribution in [2.45, 2.75) is 70.2 Å². The minimum atomic E-state index is -1.05. The molecule has 0 radical (unpaired) electrons. The van der Waals surface area contributed by atoms with Gasteiger partial charge >= 0.3 is 5.97 Å². The summed E-state index contributed by atoms with van der Waals surface area (Å²) in [4.78, 5) is 12.1. The average molecular weight is 421 g/mol. The van der Waals surface area contributed by atoms with Crippen molar-refractivity contribution in [2.24, 2.45) is 0 Å². The molecular formula is C23H32O5S. The number of carbonyl (C=O) groups excluding carboxylic acids is 1. The minimum Gasteiger partial charge on any atom is -0.469 e. The number of benzene rings is 1. The van der Waals surface area contributed by atoms with Crippen molar-refractivity contribution in [1.82, 2.24) is 0 Å². The summed E-state index contributed by atoms with van der Waals surface area (Å²) in [6.07, 6.45) is 5.65. The summed E-state index contributed by atoms with van der Waals surface area (Å²) in [6.45, 7) is 2.14. The standard InChI is InChI=1S/C23H32O5S/c1-3-4-5-10-20(26)23-17(16-9-6-7-12-21(16)29-23)14-15-19(25)18(24)11-8-13-22(27)28-2/h6-7,9,12,14-15,18-20,24-26H,3-5,8,10-11,13H2,1-2H3/b15-14+/t18-,19+,20-/m0/s1. The van der Waals surface area contributed by atoms with E-state index < -0.39 is 18.3 Å². The van der Waals surface area contributed by atoms with Crippen molar-refractivity contribution in [3.05, 3.63) is 40.8 Å². The fourth-order valence-corrected chi connectivity index (χ4v) is 4.49. The van der Waals surface area contributed by atoms with E-state index in [-0.39, 0.29) is 12.4 Å². The summed E-state index contributed by atoms with van der Waals surface area (Å²) in [6, 6.07) is 7.96. The van der Waals surface area contributed by atoms with Crippen LogP contribution in [0.4, 0.5) is 0 Å². The maximum Gasteiger partial charge on any atom is 0.305 e. The van der Waals surface area contributed by atoms with Crippen LogP contribution in [0.1, 0.15) is 68.4 Å². The lowest BCUT2D eigenvalue weighted by molar-refractivity contribution is -0.140. The lowest BCUT2D eigenvalue weighted by Gasteiger charge is -2.14. The van der Waals surface area contributed by atoms with Crippen LogP contribution in [0.25, 0.3) is 16.2 Å². The number of rotatable bonds is 12. The van der Waals surface area contributed by atoms with Gasteiger partial charge in [0.15, 0.2) is 0 Å². The molecule has 2 rings (SSSR count). The fraction of sp³-hybridized carbons (Fsp3) is 0.522. The van der Waals surface area contributed by atoms with Gasteiger partial charge in [-0.05, 0) is 30.9 Å². The number of aliphatic hydroxyl groups is 3. The first-order valence-electron chi connectivity index (χ1n) is 10.3. The molecule has 6 heteroatoms. The monoisotopic (exact) mass is 420 g/mol. The lowest BCUT2D eigenvalue weighted by Crippen LogP contribution is -2.23. The van der Waals surface area contributed by atoms with Gasteiger partial charge in [0, 0.05) is 21.4 Å². The summed E-state index contributed by atoms with van der Waals surface area (Å²) in [7, 11) is 1.33. The highest BCUT2D eigenvalue weighted by molar-refractivity contribution is 7.19. The van der Waals surface area contributed by atoms with Crippen LogP contribution in [-0.4, -0.2) is 40.6 Å². The number of hydrogen-bond donors (Lipinski definition) is 3. The van der Waals surface area contributed by atoms with Gasteiger partial charge in [0.05, 0.1) is 25.4 Å². The lowest BCUT2D eigenvalue weighted by atomic mass is 10.0. The van der Waals surface area contributed by atoms with E-state index in [0.717, 1.165) is 39.8 Å². The molecule has 0 saturated carbocycles. The van der Waals surface area contributed by atoms with E-state index in [0.29, 0.717) is 19.3 Å². The Morgan fingerprint density at radius 2 is 1.90 bits per heavy atom. The second kappa shape index (κ2) is 12.1. The molecule has 0 fully saturated rings. The Hall–Kier alpha value is -1.73. The van der Waals surface area contributed by atoms with Gasteiger partial charge in [0.25, 0.3) is 0 Å². The molecule has 0 saturated heterocycles. The molecule has 0 spiro atoms. The van der Waals surface area contributed by atoms with Gasteiger partial charge in [-0.15, -0.1) is 11.3 Å². The van der Waals surface area contributed by atoms with Crippen LogP contribution in [0.2, 0.25) is 0 Å². The average Bonchev–Trinajstić information content (AvgIpc) is 3.10. The third kappa shape index (κ3) is 6.93. The first kappa shape index (κ1) is 23.5. The van der Waals surface area contributed by atoms with Crippen LogP contribution in [-0.2, 0) is 9.53 Å². The first-order valence-corrected chi connectivity index (χ1v) is 11.1. The summed E-state index contributed by atoms with van der Waals surface area (Å²) in [5.41, 5.74) is 0.899. The number of thiophene rings is 1. The molecule has 0 unspecified atom stereocenters. The zero-order chi connectivity index (χ0) is 21.2. The van der Waals surface area contributed by atoms with E-state index >= 15 is 0 Å². The highest BCUT2D eigenvalue weighted by Crippen LogP contribution is 2.38. The van der Waals surface area contributed by atoms with E-state index in [1.807, 2.05) is 24.3 Å². The van der Waals surface area contributed by atoms with E-state index in [4.69, 9.17) is 0 Å². The molecule has 0 aliphatic carbocycles. The molecule has 29 heavy (non-hydrogen) atoms. The Balaban J connectivity index is 2.12. The number of carbonyl (C=O) groups is 1. The summed E-state index contributed by atoms with van der Waals surface area (Å²) < 4.78 is 5.67. The third-order valence-electron chi connectivity index (χ3n) is 5.01. The maximum absolute atomic E-state index is 11.2. The molecule has 5 nitrogen and oxygen atoms in total. The molecule has 160 valence electrons. The van der Waals surface area contributed by atoms with Gasteiger partial charge in [0.1, 0.15) is 0 Å².